The minimum Gasteiger partial charge on any atom is -0.486 e. The van der Waals surface area contributed by atoms with Crippen LogP contribution in [0.3, 0.4) is 0 Å². The third-order valence-corrected chi connectivity index (χ3v) is 4.93. The van der Waals surface area contributed by atoms with Crippen LogP contribution in [-0.4, -0.2) is 28.5 Å². The lowest BCUT2D eigenvalue weighted by Gasteiger charge is -2.19. The summed E-state index contributed by atoms with van der Waals surface area (Å²) in [6.07, 6.45) is 6.98. The van der Waals surface area contributed by atoms with E-state index < -0.39 is 0 Å². The summed E-state index contributed by atoms with van der Waals surface area (Å²) < 4.78 is 6.20. The molecule has 3 heterocycles. The molecule has 2 aliphatic rings. The molecule has 3 aromatic rings. The molecule has 0 fully saturated rings. The Balaban J connectivity index is 1.57. The summed E-state index contributed by atoms with van der Waals surface area (Å²) in [7, 11) is 0. The molecular formula is C21H18N4O2. The van der Waals surface area contributed by atoms with E-state index in [1.807, 2.05) is 48.7 Å². The summed E-state index contributed by atoms with van der Waals surface area (Å²) in [4.78, 5) is 24.2. The molecule has 6 heteroatoms. The second-order valence-electron chi connectivity index (χ2n) is 6.73. The molecular weight excluding hydrogens is 340 g/mol. The van der Waals surface area contributed by atoms with Crippen LogP contribution in [0.15, 0.2) is 60.0 Å². The fraction of sp³-hybridized carbons (Fsp3) is 0.190. The summed E-state index contributed by atoms with van der Waals surface area (Å²) in [6.45, 7) is 0.875. The lowest BCUT2D eigenvalue weighted by molar-refractivity contribution is -0.112. The van der Waals surface area contributed by atoms with E-state index in [4.69, 9.17) is 4.74 Å². The number of nitrogens with one attached hydrogen (secondary N) is 2. The smallest absolute Gasteiger partial charge is 0.274 e. The number of amides is 1. The highest BCUT2D eigenvalue weighted by Crippen LogP contribution is 2.18. The van der Waals surface area contributed by atoms with Gasteiger partial charge in [0.2, 0.25) is 0 Å². The fourth-order valence-electron chi connectivity index (χ4n) is 3.60. The number of rotatable bonds is 4. The van der Waals surface area contributed by atoms with E-state index in [1.165, 1.54) is 0 Å². The van der Waals surface area contributed by atoms with Gasteiger partial charge in [-0.05, 0) is 42.1 Å². The van der Waals surface area contributed by atoms with Gasteiger partial charge in [-0.25, -0.2) is 9.98 Å². The number of hydrogen-bond acceptors (Lipinski definition) is 4. The van der Waals surface area contributed by atoms with Gasteiger partial charge in [0.25, 0.3) is 5.91 Å². The number of aromatic nitrogens is 2. The van der Waals surface area contributed by atoms with E-state index in [0.29, 0.717) is 17.4 Å². The molecule has 1 atom stereocenters. The fourth-order valence-corrected chi connectivity index (χ4v) is 3.60. The molecule has 1 amide bonds. The highest BCUT2D eigenvalue weighted by atomic mass is 16.5. The Kier molecular flexibility index (Phi) is 3.74. The van der Waals surface area contributed by atoms with Crippen LogP contribution >= 0.6 is 0 Å². The highest BCUT2D eigenvalue weighted by molar-refractivity contribution is 6.16. The van der Waals surface area contributed by atoms with Crippen LogP contribution in [0, 0.1) is 0 Å². The van der Waals surface area contributed by atoms with Gasteiger partial charge < -0.3 is 15.0 Å². The van der Waals surface area contributed by atoms with Crippen LogP contribution in [0.2, 0.25) is 0 Å². The summed E-state index contributed by atoms with van der Waals surface area (Å²) in [5, 5.41) is 4.67. The molecule has 0 radical (unpaired) electrons. The first-order valence-corrected chi connectivity index (χ1v) is 9.02. The molecule has 0 saturated heterocycles. The first-order chi connectivity index (χ1) is 13.3. The summed E-state index contributed by atoms with van der Waals surface area (Å²) >= 11 is 0. The number of aromatic amines is 1. The Bertz CT molecular complexity index is 1190. The lowest BCUT2D eigenvalue weighted by atomic mass is 10.0. The normalized spacial score (nSPS) is 18.3. The minimum absolute atomic E-state index is 0.00366. The van der Waals surface area contributed by atoms with Crippen LogP contribution in [-0.2, 0) is 11.2 Å². The van der Waals surface area contributed by atoms with Crippen molar-refractivity contribution < 1.29 is 9.53 Å². The van der Waals surface area contributed by atoms with Gasteiger partial charge in [0, 0.05) is 25.0 Å². The van der Waals surface area contributed by atoms with Crippen molar-refractivity contribution in [3.63, 3.8) is 0 Å². The van der Waals surface area contributed by atoms with Gasteiger partial charge >= 0.3 is 0 Å². The number of carbonyl (C=O) groups is 1. The molecule has 2 aliphatic heterocycles. The quantitative estimate of drug-likeness (QED) is 0.738. The van der Waals surface area contributed by atoms with Gasteiger partial charge in [-0.2, -0.15) is 0 Å². The topological polar surface area (TPSA) is 79.4 Å². The van der Waals surface area contributed by atoms with Crippen molar-refractivity contribution in [3.05, 3.63) is 71.1 Å². The number of ether oxygens (including phenoxy) is 1. The van der Waals surface area contributed by atoms with Gasteiger partial charge in [0.15, 0.2) is 0 Å². The summed E-state index contributed by atoms with van der Waals surface area (Å²) in [5.41, 5.74) is 3.58. The summed E-state index contributed by atoms with van der Waals surface area (Å²) in [5.74, 6) is 0.530. The second kappa shape index (κ2) is 6.39. The van der Waals surface area contributed by atoms with Crippen molar-refractivity contribution in [2.24, 2.45) is 4.99 Å². The van der Waals surface area contributed by atoms with Crippen molar-refractivity contribution in [1.82, 2.24) is 15.3 Å². The van der Waals surface area contributed by atoms with Crippen LogP contribution in [0.4, 0.5) is 0 Å². The maximum Gasteiger partial charge on any atom is 0.274 e. The average molecular weight is 358 g/mol. The number of nitrogens with zero attached hydrogens (tertiary/aromatic N) is 2. The number of fused-ring (bicyclic) bond motifs is 2. The van der Waals surface area contributed by atoms with Gasteiger partial charge in [-0.3, -0.25) is 4.79 Å². The Labute approximate surface area is 155 Å². The number of benzene rings is 2. The zero-order chi connectivity index (χ0) is 18.2. The van der Waals surface area contributed by atoms with Crippen LogP contribution in [0.1, 0.15) is 12.0 Å². The maximum absolute atomic E-state index is 12.6. The molecule has 0 saturated carbocycles. The van der Waals surface area contributed by atoms with Crippen molar-refractivity contribution >= 4 is 22.5 Å². The largest absolute Gasteiger partial charge is 0.486 e. The molecule has 2 aromatic carbocycles. The average Bonchev–Trinajstić information content (AvgIpc) is 3.27. The minimum atomic E-state index is -0.188. The van der Waals surface area contributed by atoms with Crippen molar-refractivity contribution in [3.8, 4) is 5.75 Å². The van der Waals surface area contributed by atoms with Crippen molar-refractivity contribution in [2.45, 2.75) is 18.9 Å². The SMILES string of the molecule is O=C1N=c2cccc(O[C@@H]3C=CNCC3)c2=C1Cc1ccc2nc[nH]c2c1. The summed E-state index contributed by atoms with van der Waals surface area (Å²) in [6, 6.07) is 11.7. The van der Waals surface area contributed by atoms with Gasteiger partial charge in [0.1, 0.15) is 11.9 Å². The predicted octanol–water partition coefficient (Wildman–Crippen LogP) is 1.37. The molecule has 0 aliphatic carbocycles. The number of carbonyl (C=O) groups excluding carboxylic acids is 1. The van der Waals surface area contributed by atoms with Crippen LogP contribution in [0.5, 0.6) is 5.75 Å². The zero-order valence-corrected chi connectivity index (χ0v) is 14.6. The van der Waals surface area contributed by atoms with E-state index >= 15 is 0 Å². The molecule has 2 N–H and O–H groups in total. The Hall–Kier alpha value is -3.41. The van der Waals surface area contributed by atoms with Gasteiger partial charge in [0.05, 0.1) is 27.9 Å². The molecule has 134 valence electrons. The standard InChI is InChI=1S/C21H18N4O2/c26-21-15(10-13-4-5-16-18(11-13)24-12-23-16)20-17(25-21)2-1-3-19(20)27-14-6-8-22-9-7-14/h1-6,8,11-12,14,22H,7,9-10H2,(H,23,24)/t14-/m1/s1. The monoisotopic (exact) mass is 358 g/mol. The first kappa shape index (κ1) is 15.8. The van der Waals surface area contributed by atoms with Crippen LogP contribution in [0.25, 0.3) is 16.6 Å². The molecule has 5 rings (SSSR count). The Morgan fingerprint density at radius 2 is 2.19 bits per heavy atom. The lowest BCUT2D eigenvalue weighted by Crippen LogP contribution is -2.31. The number of imidazole rings is 1. The molecule has 6 nitrogen and oxygen atoms in total. The number of hydrogen-bond donors (Lipinski definition) is 2. The van der Waals surface area contributed by atoms with Gasteiger partial charge in [-0.15, -0.1) is 0 Å². The Morgan fingerprint density at radius 3 is 3.07 bits per heavy atom. The molecule has 27 heavy (non-hydrogen) atoms. The number of H-pyrrole nitrogens is 1. The molecule has 0 bridgehead atoms. The molecule has 1 aromatic heterocycles. The molecule has 0 spiro atoms. The van der Waals surface area contributed by atoms with Crippen molar-refractivity contribution in [1.29, 1.82) is 0 Å². The second-order valence-corrected chi connectivity index (χ2v) is 6.73. The van der Waals surface area contributed by atoms with Crippen molar-refractivity contribution in [2.75, 3.05) is 6.54 Å². The van der Waals surface area contributed by atoms with Gasteiger partial charge in [-0.1, -0.05) is 12.1 Å². The maximum atomic E-state index is 12.6. The van der Waals surface area contributed by atoms with E-state index in [1.54, 1.807) is 6.33 Å². The van der Waals surface area contributed by atoms with Crippen LogP contribution < -0.4 is 20.6 Å². The Morgan fingerprint density at radius 1 is 1.22 bits per heavy atom. The van der Waals surface area contributed by atoms with E-state index in [-0.39, 0.29) is 12.0 Å². The molecule has 0 unspecified atom stereocenters. The predicted molar refractivity (Wildman–Crippen MR) is 102 cm³/mol. The van der Waals surface area contributed by atoms with E-state index in [9.17, 15) is 4.79 Å². The zero-order valence-electron chi connectivity index (χ0n) is 14.6. The van der Waals surface area contributed by atoms with E-state index in [2.05, 4.69) is 20.3 Å². The highest BCUT2D eigenvalue weighted by Gasteiger charge is 2.21. The first-order valence-electron chi connectivity index (χ1n) is 9.02. The van der Waals surface area contributed by atoms with E-state index in [0.717, 1.165) is 40.5 Å². The third-order valence-electron chi connectivity index (χ3n) is 4.93. The third kappa shape index (κ3) is 2.89.